The maximum Gasteiger partial charge on any atom is 0.230 e. The number of hydrogen-bond donors (Lipinski definition) is 1. The minimum absolute atomic E-state index is 0.00996. The van der Waals surface area contributed by atoms with E-state index in [4.69, 9.17) is 4.74 Å². The summed E-state index contributed by atoms with van der Waals surface area (Å²) in [6, 6.07) is 9.94. The maximum atomic E-state index is 12.2. The van der Waals surface area contributed by atoms with Crippen molar-refractivity contribution >= 4 is 28.6 Å². The number of amides is 1. The third-order valence-corrected chi connectivity index (χ3v) is 5.49. The van der Waals surface area contributed by atoms with Gasteiger partial charge in [0, 0.05) is 17.5 Å². The van der Waals surface area contributed by atoms with Crippen LogP contribution in [-0.4, -0.2) is 29.3 Å². The lowest BCUT2D eigenvalue weighted by Gasteiger charge is -2.22. The van der Waals surface area contributed by atoms with E-state index in [1.807, 2.05) is 31.2 Å². The second kappa shape index (κ2) is 8.91. The molecule has 5 nitrogen and oxygen atoms in total. The Labute approximate surface area is 158 Å². The number of thioether (sulfide) groups is 1. The fourth-order valence-corrected chi connectivity index (χ4v) is 4.00. The summed E-state index contributed by atoms with van der Waals surface area (Å²) in [6.45, 7) is 2.52. The van der Waals surface area contributed by atoms with E-state index in [0.717, 1.165) is 29.5 Å². The van der Waals surface area contributed by atoms with Crippen molar-refractivity contribution in [1.82, 2.24) is 10.3 Å². The fourth-order valence-electron chi connectivity index (χ4n) is 3.23. The van der Waals surface area contributed by atoms with Crippen LogP contribution < -0.4 is 10.1 Å². The van der Waals surface area contributed by atoms with Gasteiger partial charge in [-0.2, -0.15) is 5.26 Å². The molecule has 1 heterocycles. The normalized spacial score (nSPS) is 14.8. The molecule has 0 aliphatic heterocycles. The van der Waals surface area contributed by atoms with Crippen LogP contribution in [0, 0.1) is 11.3 Å². The molecular formula is C20H23N3O2S. The first-order chi connectivity index (χ1) is 12.7. The molecule has 0 unspecified atom stereocenters. The highest BCUT2D eigenvalue weighted by Gasteiger charge is 2.16. The number of aromatic nitrogens is 1. The van der Waals surface area contributed by atoms with Crippen molar-refractivity contribution < 1.29 is 9.53 Å². The number of ether oxygens (including phenoxy) is 1. The SMILES string of the molecule is CCOc1ccc2cc(C#N)c(SCC(=O)NC3CCCCC3)nc2c1. The Bertz CT molecular complexity index is 826. The first kappa shape index (κ1) is 18.5. The minimum atomic E-state index is 0.00996. The van der Waals surface area contributed by atoms with Crippen molar-refractivity contribution in [2.45, 2.75) is 50.1 Å². The Hall–Kier alpha value is -2.26. The smallest absolute Gasteiger partial charge is 0.230 e. The van der Waals surface area contributed by atoms with E-state index in [1.54, 1.807) is 0 Å². The average Bonchev–Trinajstić information content (AvgIpc) is 2.66. The van der Waals surface area contributed by atoms with Gasteiger partial charge in [-0.1, -0.05) is 31.0 Å². The number of benzene rings is 1. The molecule has 0 saturated heterocycles. The molecule has 1 saturated carbocycles. The molecule has 1 aromatic heterocycles. The van der Waals surface area contributed by atoms with Gasteiger partial charge in [0.25, 0.3) is 0 Å². The molecule has 6 heteroatoms. The number of nitrogens with one attached hydrogen (secondary N) is 1. The molecule has 1 N–H and O–H groups in total. The second-order valence-electron chi connectivity index (χ2n) is 6.43. The summed E-state index contributed by atoms with van der Waals surface area (Å²) in [4.78, 5) is 16.8. The number of rotatable bonds is 6. The van der Waals surface area contributed by atoms with Crippen LogP contribution in [-0.2, 0) is 4.79 Å². The summed E-state index contributed by atoms with van der Waals surface area (Å²) in [5, 5.41) is 14.0. The van der Waals surface area contributed by atoms with Crippen molar-refractivity contribution in [3.05, 3.63) is 29.8 Å². The highest BCUT2D eigenvalue weighted by Crippen LogP contribution is 2.27. The highest BCUT2D eigenvalue weighted by atomic mass is 32.2. The molecule has 1 aliphatic carbocycles. The van der Waals surface area contributed by atoms with Gasteiger partial charge in [-0.05, 0) is 38.0 Å². The van der Waals surface area contributed by atoms with Crippen LogP contribution in [0.2, 0.25) is 0 Å². The van der Waals surface area contributed by atoms with Gasteiger partial charge in [0.15, 0.2) is 0 Å². The number of hydrogen-bond acceptors (Lipinski definition) is 5. The van der Waals surface area contributed by atoms with Crippen molar-refractivity contribution in [3.8, 4) is 11.8 Å². The molecule has 0 radical (unpaired) electrons. The van der Waals surface area contributed by atoms with Crippen LogP contribution >= 0.6 is 11.8 Å². The van der Waals surface area contributed by atoms with E-state index in [1.165, 1.54) is 31.0 Å². The standard InChI is InChI=1S/C20H23N3O2S/c1-2-25-17-9-8-14-10-15(12-21)20(23-18(14)11-17)26-13-19(24)22-16-6-4-3-5-7-16/h8-11,16H,2-7,13H2,1H3,(H,22,24). The highest BCUT2D eigenvalue weighted by molar-refractivity contribution is 8.00. The number of carbonyl (C=O) groups is 1. The first-order valence-corrected chi connectivity index (χ1v) is 10.1. The molecule has 1 aromatic carbocycles. The van der Waals surface area contributed by atoms with Gasteiger partial charge in [-0.3, -0.25) is 4.79 Å². The number of nitriles is 1. The molecule has 2 aromatic rings. The van der Waals surface area contributed by atoms with E-state index in [2.05, 4.69) is 16.4 Å². The number of pyridine rings is 1. The lowest BCUT2D eigenvalue weighted by molar-refractivity contribution is -0.119. The quantitative estimate of drug-likeness (QED) is 0.778. The predicted molar refractivity (Wildman–Crippen MR) is 103 cm³/mol. The first-order valence-electron chi connectivity index (χ1n) is 9.09. The maximum absolute atomic E-state index is 12.2. The lowest BCUT2D eigenvalue weighted by atomic mass is 9.95. The zero-order valence-electron chi connectivity index (χ0n) is 15.0. The summed E-state index contributed by atoms with van der Waals surface area (Å²) in [5.74, 6) is 1.04. The van der Waals surface area contributed by atoms with Gasteiger partial charge in [-0.25, -0.2) is 4.98 Å². The van der Waals surface area contributed by atoms with Gasteiger partial charge in [-0.15, -0.1) is 0 Å². The Balaban J connectivity index is 1.71. The van der Waals surface area contributed by atoms with Crippen LogP contribution in [0.15, 0.2) is 29.3 Å². The summed E-state index contributed by atoms with van der Waals surface area (Å²) < 4.78 is 5.52. The Morgan fingerprint density at radius 1 is 1.35 bits per heavy atom. The molecule has 0 atom stereocenters. The summed E-state index contributed by atoms with van der Waals surface area (Å²) >= 11 is 1.32. The van der Waals surface area contributed by atoms with Crippen LogP contribution in [0.1, 0.15) is 44.6 Å². The zero-order chi connectivity index (χ0) is 18.4. The van der Waals surface area contributed by atoms with Gasteiger partial charge >= 0.3 is 0 Å². The largest absolute Gasteiger partial charge is 0.494 e. The molecule has 1 aliphatic rings. The molecule has 3 rings (SSSR count). The topological polar surface area (TPSA) is 75.0 Å². The third kappa shape index (κ3) is 4.67. The van der Waals surface area contributed by atoms with Crippen LogP contribution in [0.5, 0.6) is 5.75 Å². The molecule has 0 spiro atoms. The minimum Gasteiger partial charge on any atom is -0.494 e. The predicted octanol–water partition coefficient (Wildman–Crippen LogP) is 4.05. The molecule has 1 amide bonds. The number of fused-ring (bicyclic) bond motifs is 1. The zero-order valence-corrected chi connectivity index (χ0v) is 15.8. The van der Waals surface area contributed by atoms with Crippen molar-refractivity contribution in [1.29, 1.82) is 5.26 Å². The van der Waals surface area contributed by atoms with E-state index < -0.39 is 0 Å². The molecular weight excluding hydrogens is 346 g/mol. The molecule has 136 valence electrons. The Kier molecular flexibility index (Phi) is 6.35. The van der Waals surface area contributed by atoms with Crippen molar-refractivity contribution in [2.24, 2.45) is 0 Å². The van der Waals surface area contributed by atoms with Crippen LogP contribution in [0.3, 0.4) is 0 Å². The van der Waals surface area contributed by atoms with E-state index >= 15 is 0 Å². The average molecular weight is 369 g/mol. The summed E-state index contributed by atoms with van der Waals surface area (Å²) in [6.07, 6.45) is 5.76. The summed E-state index contributed by atoms with van der Waals surface area (Å²) in [7, 11) is 0. The Morgan fingerprint density at radius 3 is 2.88 bits per heavy atom. The van der Waals surface area contributed by atoms with E-state index in [0.29, 0.717) is 23.2 Å². The fraction of sp³-hybridized carbons (Fsp3) is 0.450. The van der Waals surface area contributed by atoms with Gasteiger partial charge in [0.05, 0.1) is 23.4 Å². The molecule has 26 heavy (non-hydrogen) atoms. The van der Waals surface area contributed by atoms with Crippen molar-refractivity contribution in [3.63, 3.8) is 0 Å². The van der Waals surface area contributed by atoms with Crippen LogP contribution in [0.25, 0.3) is 10.9 Å². The molecule has 0 bridgehead atoms. The third-order valence-electron chi connectivity index (χ3n) is 4.50. The van der Waals surface area contributed by atoms with Gasteiger partial charge < -0.3 is 10.1 Å². The molecule has 1 fully saturated rings. The van der Waals surface area contributed by atoms with Crippen LogP contribution in [0.4, 0.5) is 0 Å². The second-order valence-corrected chi connectivity index (χ2v) is 7.40. The Morgan fingerprint density at radius 2 is 2.15 bits per heavy atom. The number of carbonyl (C=O) groups excluding carboxylic acids is 1. The van der Waals surface area contributed by atoms with E-state index in [9.17, 15) is 10.1 Å². The van der Waals surface area contributed by atoms with Gasteiger partial charge in [0.2, 0.25) is 5.91 Å². The van der Waals surface area contributed by atoms with E-state index in [-0.39, 0.29) is 11.7 Å². The summed E-state index contributed by atoms with van der Waals surface area (Å²) in [5.41, 5.74) is 1.27. The van der Waals surface area contributed by atoms with Crippen molar-refractivity contribution in [2.75, 3.05) is 12.4 Å². The monoisotopic (exact) mass is 369 g/mol. The van der Waals surface area contributed by atoms with Gasteiger partial charge in [0.1, 0.15) is 16.8 Å². The lowest BCUT2D eigenvalue weighted by Crippen LogP contribution is -2.37. The number of nitrogens with zero attached hydrogens (tertiary/aromatic N) is 2.